The molecule has 0 aliphatic carbocycles. The monoisotopic (exact) mass is 248 g/mol. The summed E-state index contributed by atoms with van der Waals surface area (Å²) >= 11 is 0. The minimum absolute atomic E-state index is 0.0243. The smallest absolute Gasteiger partial charge is 0.194 e. The molecule has 3 nitrogen and oxygen atoms in total. The number of nitrogens with zero attached hydrogens (tertiary/aromatic N) is 2. The topological polar surface area (TPSA) is 42.9 Å². The van der Waals surface area contributed by atoms with Crippen LogP contribution in [0, 0.1) is 6.92 Å². The Bertz CT molecular complexity index is 765. The highest BCUT2D eigenvalue weighted by molar-refractivity contribution is 6.10. The van der Waals surface area contributed by atoms with Gasteiger partial charge in [-0.2, -0.15) is 0 Å². The van der Waals surface area contributed by atoms with Gasteiger partial charge in [0.15, 0.2) is 5.78 Å². The fourth-order valence-corrected chi connectivity index (χ4v) is 2.05. The molecule has 2 heterocycles. The van der Waals surface area contributed by atoms with Gasteiger partial charge >= 0.3 is 0 Å². The van der Waals surface area contributed by atoms with Crippen LogP contribution in [0.3, 0.4) is 0 Å². The van der Waals surface area contributed by atoms with Crippen LogP contribution in [0.15, 0.2) is 55.0 Å². The maximum Gasteiger partial charge on any atom is 0.194 e. The Labute approximate surface area is 111 Å². The van der Waals surface area contributed by atoms with Crippen molar-refractivity contribution in [1.82, 2.24) is 9.97 Å². The van der Waals surface area contributed by atoms with E-state index in [0.29, 0.717) is 11.1 Å². The van der Waals surface area contributed by atoms with Crippen molar-refractivity contribution in [2.24, 2.45) is 0 Å². The lowest BCUT2D eigenvalue weighted by molar-refractivity contribution is 0.103. The van der Waals surface area contributed by atoms with Gasteiger partial charge in [-0.05, 0) is 30.7 Å². The van der Waals surface area contributed by atoms with Crippen molar-refractivity contribution >= 4 is 16.7 Å². The lowest BCUT2D eigenvalue weighted by Gasteiger charge is -2.03. The molecule has 2 aromatic heterocycles. The normalized spacial score (nSPS) is 10.6. The number of pyridine rings is 2. The SMILES string of the molecule is Cc1cncc(C(=O)c2ccc3cccnc3c2)c1. The Balaban J connectivity index is 2.06. The lowest BCUT2D eigenvalue weighted by Crippen LogP contribution is -2.02. The molecule has 0 bridgehead atoms. The Morgan fingerprint density at radius 1 is 1.05 bits per heavy atom. The van der Waals surface area contributed by atoms with Crippen LogP contribution >= 0.6 is 0 Å². The van der Waals surface area contributed by atoms with Crippen molar-refractivity contribution in [3.05, 3.63) is 71.7 Å². The molecule has 0 saturated carbocycles. The summed E-state index contributed by atoms with van der Waals surface area (Å²) in [4.78, 5) is 20.7. The number of rotatable bonds is 2. The summed E-state index contributed by atoms with van der Waals surface area (Å²) in [6.07, 6.45) is 5.06. The van der Waals surface area contributed by atoms with Gasteiger partial charge in [0.05, 0.1) is 5.52 Å². The summed E-state index contributed by atoms with van der Waals surface area (Å²) in [5.74, 6) is -0.0243. The molecule has 0 unspecified atom stereocenters. The zero-order valence-corrected chi connectivity index (χ0v) is 10.5. The number of aromatic nitrogens is 2. The Kier molecular flexibility index (Phi) is 2.80. The van der Waals surface area contributed by atoms with E-state index in [9.17, 15) is 4.79 Å². The minimum Gasteiger partial charge on any atom is -0.289 e. The van der Waals surface area contributed by atoms with E-state index in [4.69, 9.17) is 0 Å². The maximum atomic E-state index is 12.4. The minimum atomic E-state index is -0.0243. The molecular formula is C16H12N2O. The lowest BCUT2D eigenvalue weighted by atomic mass is 10.0. The number of aryl methyl sites for hydroxylation is 1. The molecule has 0 aliphatic rings. The van der Waals surface area contributed by atoms with E-state index in [-0.39, 0.29) is 5.78 Å². The van der Waals surface area contributed by atoms with Gasteiger partial charge in [-0.25, -0.2) is 0 Å². The summed E-state index contributed by atoms with van der Waals surface area (Å²) in [6.45, 7) is 1.92. The van der Waals surface area contributed by atoms with Crippen LogP contribution in [0.25, 0.3) is 10.9 Å². The molecule has 0 amide bonds. The highest BCUT2D eigenvalue weighted by Gasteiger charge is 2.10. The summed E-state index contributed by atoms with van der Waals surface area (Å²) in [5.41, 5.74) is 3.05. The van der Waals surface area contributed by atoms with Gasteiger partial charge < -0.3 is 0 Å². The van der Waals surface area contributed by atoms with Crippen molar-refractivity contribution in [1.29, 1.82) is 0 Å². The molecule has 19 heavy (non-hydrogen) atoms. The molecule has 0 atom stereocenters. The second-order valence-corrected chi connectivity index (χ2v) is 4.49. The van der Waals surface area contributed by atoms with Crippen LogP contribution in [0.1, 0.15) is 21.5 Å². The Morgan fingerprint density at radius 2 is 1.95 bits per heavy atom. The fourth-order valence-electron chi connectivity index (χ4n) is 2.05. The summed E-state index contributed by atoms with van der Waals surface area (Å²) in [6, 6.07) is 11.3. The van der Waals surface area contributed by atoms with Crippen LogP contribution in [0.5, 0.6) is 0 Å². The number of hydrogen-bond donors (Lipinski definition) is 0. The van der Waals surface area contributed by atoms with E-state index in [0.717, 1.165) is 16.5 Å². The van der Waals surface area contributed by atoms with Crippen molar-refractivity contribution in [2.75, 3.05) is 0 Å². The van der Waals surface area contributed by atoms with Crippen LogP contribution in [-0.4, -0.2) is 15.8 Å². The Morgan fingerprint density at radius 3 is 2.79 bits per heavy atom. The first-order valence-corrected chi connectivity index (χ1v) is 6.05. The molecule has 3 aromatic rings. The first-order valence-electron chi connectivity index (χ1n) is 6.05. The second kappa shape index (κ2) is 4.61. The van der Waals surface area contributed by atoms with Gasteiger partial charge in [0, 0.05) is 35.1 Å². The van der Waals surface area contributed by atoms with Crippen LogP contribution in [-0.2, 0) is 0 Å². The number of carbonyl (C=O) groups is 1. The third kappa shape index (κ3) is 2.22. The molecule has 0 aliphatic heterocycles. The molecule has 0 N–H and O–H groups in total. The zero-order valence-electron chi connectivity index (χ0n) is 10.5. The maximum absolute atomic E-state index is 12.4. The third-order valence-electron chi connectivity index (χ3n) is 3.01. The van der Waals surface area contributed by atoms with Crippen molar-refractivity contribution in [3.63, 3.8) is 0 Å². The predicted molar refractivity (Wildman–Crippen MR) is 74.1 cm³/mol. The van der Waals surface area contributed by atoms with E-state index in [1.165, 1.54) is 0 Å². The van der Waals surface area contributed by atoms with Gasteiger partial charge in [0.1, 0.15) is 0 Å². The molecule has 92 valence electrons. The van der Waals surface area contributed by atoms with Gasteiger partial charge in [0.25, 0.3) is 0 Å². The highest BCUT2D eigenvalue weighted by atomic mass is 16.1. The number of fused-ring (bicyclic) bond motifs is 1. The van der Waals surface area contributed by atoms with Crippen molar-refractivity contribution < 1.29 is 4.79 Å². The Hall–Kier alpha value is -2.55. The first-order chi connectivity index (χ1) is 9.24. The predicted octanol–water partition coefficient (Wildman–Crippen LogP) is 3.17. The molecule has 0 radical (unpaired) electrons. The van der Waals surface area contributed by atoms with E-state index in [1.54, 1.807) is 18.6 Å². The van der Waals surface area contributed by atoms with Crippen molar-refractivity contribution in [3.8, 4) is 0 Å². The second-order valence-electron chi connectivity index (χ2n) is 4.49. The number of benzene rings is 1. The molecule has 1 aromatic carbocycles. The highest BCUT2D eigenvalue weighted by Crippen LogP contribution is 2.16. The summed E-state index contributed by atoms with van der Waals surface area (Å²) in [7, 11) is 0. The van der Waals surface area contributed by atoms with Crippen LogP contribution < -0.4 is 0 Å². The molecule has 0 spiro atoms. The van der Waals surface area contributed by atoms with E-state index in [1.807, 2.05) is 43.3 Å². The van der Waals surface area contributed by atoms with E-state index >= 15 is 0 Å². The van der Waals surface area contributed by atoms with Gasteiger partial charge in [-0.3, -0.25) is 14.8 Å². The van der Waals surface area contributed by atoms with E-state index < -0.39 is 0 Å². The van der Waals surface area contributed by atoms with Crippen molar-refractivity contribution in [2.45, 2.75) is 6.92 Å². The summed E-state index contributed by atoms with van der Waals surface area (Å²) in [5, 5.41) is 1.03. The third-order valence-corrected chi connectivity index (χ3v) is 3.01. The molecule has 3 heteroatoms. The van der Waals surface area contributed by atoms with Crippen LogP contribution in [0.2, 0.25) is 0 Å². The van der Waals surface area contributed by atoms with Gasteiger partial charge in [0.2, 0.25) is 0 Å². The molecule has 0 fully saturated rings. The molecule has 0 saturated heterocycles. The average Bonchev–Trinajstić information content (AvgIpc) is 2.46. The average molecular weight is 248 g/mol. The fraction of sp³-hybridized carbons (Fsp3) is 0.0625. The zero-order chi connectivity index (χ0) is 13.2. The number of ketones is 1. The van der Waals surface area contributed by atoms with Gasteiger partial charge in [-0.15, -0.1) is 0 Å². The first kappa shape index (κ1) is 11.5. The van der Waals surface area contributed by atoms with E-state index in [2.05, 4.69) is 9.97 Å². The van der Waals surface area contributed by atoms with Crippen LogP contribution in [0.4, 0.5) is 0 Å². The number of hydrogen-bond acceptors (Lipinski definition) is 3. The van der Waals surface area contributed by atoms with Gasteiger partial charge in [-0.1, -0.05) is 18.2 Å². The molecule has 3 rings (SSSR count). The number of carbonyl (C=O) groups excluding carboxylic acids is 1. The standard InChI is InChI=1S/C16H12N2O/c1-11-7-14(10-17-9-11)16(19)13-5-4-12-3-2-6-18-15(12)8-13/h2-10H,1H3. The quantitative estimate of drug-likeness (QED) is 0.654. The molecular weight excluding hydrogens is 236 g/mol. The summed E-state index contributed by atoms with van der Waals surface area (Å²) < 4.78 is 0. The largest absolute Gasteiger partial charge is 0.289 e.